The molecule has 2 rings (SSSR count). The van der Waals surface area contributed by atoms with Gasteiger partial charge in [0.1, 0.15) is 5.69 Å². The molecule has 1 N–H and O–H groups in total. The molecule has 1 saturated heterocycles. The predicted molar refractivity (Wildman–Crippen MR) is 81.7 cm³/mol. The van der Waals surface area contributed by atoms with Gasteiger partial charge in [0.15, 0.2) is 0 Å². The van der Waals surface area contributed by atoms with Crippen molar-refractivity contribution in [3.05, 3.63) is 17.5 Å². The molecular weight excluding hydrogens is 290 g/mol. The van der Waals surface area contributed by atoms with Crippen LogP contribution in [0.2, 0.25) is 0 Å². The Morgan fingerprint density at radius 2 is 2.24 bits per heavy atom. The van der Waals surface area contributed by atoms with E-state index in [-0.39, 0.29) is 18.4 Å². The van der Waals surface area contributed by atoms with E-state index in [2.05, 4.69) is 5.10 Å². The van der Waals surface area contributed by atoms with E-state index >= 15 is 0 Å². The van der Waals surface area contributed by atoms with E-state index in [1.807, 2.05) is 19.9 Å². The maximum absolute atomic E-state index is 12.8. The van der Waals surface area contributed by atoms with Crippen molar-refractivity contribution in [1.82, 2.24) is 14.7 Å². The number of carbonyl (C=O) groups is 2. The Kier molecular flexibility index (Phi) is 5.27. The van der Waals surface area contributed by atoms with Crippen LogP contribution in [-0.2, 0) is 17.8 Å². The molecule has 0 radical (unpaired) electrons. The van der Waals surface area contributed by atoms with Crippen LogP contribution < -0.4 is 0 Å². The zero-order chi connectivity index (χ0) is 15.4. The van der Waals surface area contributed by atoms with Gasteiger partial charge in [-0.1, -0.05) is 6.92 Å². The number of hydrogen-bond donors (Lipinski definition) is 1. The van der Waals surface area contributed by atoms with Gasteiger partial charge in [0.2, 0.25) is 0 Å². The SMILES string of the molecule is CCc1cc(C(=O)N2CCSCC2CC(=O)O)n(CC)n1. The van der Waals surface area contributed by atoms with Gasteiger partial charge in [-0.2, -0.15) is 16.9 Å². The van der Waals surface area contributed by atoms with Crippen LogP contribution in [0.3, 0.4) is 0 Å². The summed E-state index contributed by atoms with van der Waals surface area (Å²) in [7, 11) is 0. The zero-order valence-electron chi connectivity index (χ0n) is 12.4. The maximum Gasteiger partial charge on any atom is 0.305 e. The van der Waals surface area contributed by atoms with Crippen LogP contribution in [0.1, 0.15) is 36.5 Å². The minimum atomic E-state index is -0.862. The largest absolute Gasteiger partial charge is 0.481 e. The number of carboxylic acid groups (broad SMARTS) is 1. The van der Waals surface area contributed by atoms with Crippen LogP contribution in [0, 0.1) is 0 Å². The molecule has 0 aliphatic carbocycles. The summed E-state index contributed by atoms with van der Waals surface area (Å²) in [5.41, 5.74) is 1.46. The first-order valence-electron chi connectivity index (χ1n) is 7.24. The maximum atomic E-state index is 12.8. The number of aromatic nitrogens is 2. The molecular formula is C14H21N3O3S. The fourth-order valence-electron chi connectivity index (χ4n) is 2.50. The summed E-state index contributed by atoms with van der Waals surface area (Å²) in [4.78, 5) is 25.4. The number of aryl methyl sites for hydroxylation is 2. The minimum Gasteiger partial charge on any atom is -0.481 e. The lowest BCUT2D eigenvalue weighted by Crippen LogP contribution is -2.47. The highest BCUT2D eigenvalue weighted by molar-refractivity contribution is 7.99. The van der Waals surface area contributed by atoms with Crippen LogP contribution in [-0.4, -0.2) is 55.8 Å². The van der Waals surface area contributed by atoms with Crippen molar-refractivity contribution in [2.75, 3.05) is 18.1 Å². The molecule has 6 nitrogen and oxygen atoms in total. The highest BCUT2D eigenvalue weighted by Gasteiger charge is 2.31. The van der Waals surface area contributed by atoms with E-state index in [4.69, 9.17) is 5.11 Å². The van der Waals surface area contributed by atoms with Gasteiger partial charge in [-0.05, 0) is 19.4 Å². The van der Waals surface area contributed by atoms with Gasteiger partial charge in [-0.15, -0.1) is 0 Å². The highest BCUT2D eigenvalue weighted by atomic mass is 32.2. The number of aliphatic carboxylic acids is 1. The first-order valence-corrected chi connectivity index (χ1v) is 8.39. The summed E-state index contributed by atoms with van der Waals surface area (Å²) in [6.45, 7) is 5.18. The second kappa shape index (κ2) is 6.98. The molecule has 0 aromatic carbocycles. The summed E-state index contributed by atoms with van der Waals surface area (Å²) in [5.74, 6) is 0.566. The third-order valence-electron chi connectivity index (χ3n) is 3.61. The number of rotatable bonds is 5. The number of thioether (sulfide) groups is 1. The molecule has 21 heavy (non-hydrogen) atoms. The molecule has 1 unspecified atom stereocenters. The first-order chi connectivity index (χ1) is 10.1. The molecule has 0 bridgehead atoms. The number of amides is 1. The van der Waals surface area contributed by atoms with Gasteiger partial charge in [0, 0.05) is 24.6 Å². The van der Waals surface area contributed by atoms with E-state index in [1.165, 1.54) is 0 Å². The predicted octanol–water partition coefficient (Wildman–Crippen LogP) is 1.50. The first kappa shape index (κ1) is 15.9. The van der Waals surface area contributed by atoms with Crippen molar-refractivity contribution < 1.29 is 14.7 Å². The number of nitrogens with zero attached hydrogens (tertiary/aromatic N) is 3. The number of carboxylic acids is 1. The van der Waals surface area contributed by atoms with Crippen LogP contribution in [0.15, 0.2) is 6.07 Å². The van der Waals surface area contributed by atoms with Gasteiger partial charge >= 0.3 is 5.97 Å². The summed E-state index contributed by atoms with van der Waals surface area (Å²) in [5, 5.41) is 13.4. The van der Waals surface area contributed by atoms with E-state index in [9.17, 15) is 9.59 Å². The average molecular weight is 311 g/mol. The van der Waals surface area contributed by atoms with Crippen molar-refractivity contribution in [1.29, 1.82) is 0 Å². The summed E-state index contributed by atoms with van der Waals surface area (Å²) >= 11 is 1.70. The fraction of sp³-hybridized carbons (Fsp3) is 0.643. The number of hydrogen-bond acceptors (Lipinski definition) is 4. The Hall–Kier alpha value is -1.50. The van der Waals surface area contributed by atoms with Crippen LogP contribution >= 0.6 is 11.8 Å². The molecule has 1 aromatic rings. The molecule has 2 heterocycles. The Balaban J connectivity index is 2.23. The van der Waals surface area contributed by atoms with Crippen LogP contribution in [0.25, 0.3) is 0 Å². The van der Waals surface area contributed by atoms with Gasteiger partial charge in [-0.3, -0.25) is 14.3 Å². The summed E-state index contributed by atoms with van der Waals surface area (Å²) in [6, 6.07) is 1.59. The lowest BCUT2D eigenvalue weighted by molar-refractivity contribution is -0.138. The highest BCUT2D eigenvalue weighted by Crippen LogP contribution is 2.22. The molecule has 1 aromatic heterocycles. The van der Waals surface area contributed by atoms with Gasteiger partial charge in [-0.25, -0.2) is 0 Å². The average Bonchev–Trinajstić information content (AvgIpc) is 2.90. The van der Waals surface area contributed by atoms with Crippen LogP contribution in [0.5, 0.6) is 0 Å². The number of carbonyl (C=O) groups excluding carboxylic acids is 1. The Morgan fingerprint density at radius 3 is 2.86 bits per heavy atom. The third-order valence-corrected chi connectivity index (χ3v) is 4.70. The molecule has 7 heteroatoms. The van der Waals surface area contributed by atoms with E-state index in [0.717, 1.165) is 17.9 Å². The van der Waals surface area contributed by atoms with E-state index in [1.54, 1.807) is 21.3 Å². The molecule has 1 aliphatic rings. The van der Waals surface area contributed by atoms with Gasteiger partial charge in [0.25, 0.3) is 5.91 Å². The molecule has 1 atom stereocenters. The van der Waals surface area contributed by atoms with Crippen molar-refractivity contribution >= 4 is 23.6 Å². The molecule has 0 spiro atoms. The summed E-state index contributed by atoms with van der Waals surface area (Å²) < 4.78 is 1.71. The smallest absolute Gasteiger partial charge is 0.305 e. The quantitative estimate of drug-likeness (QED) is 0.892. The Bertz CT molecular complexity index is 530. The normalized spacial score (nSPS) is 18.8. The monoisotopic (exact) mass is 311 g/mol. The van der Waals surface area contributed by atoms with Crippen LogP contribution in [0.4, 0.5) is 0 Å². The van der Waals surface area contributed by atoms with Gasteiger partial charge in [0.05, 0.1) is 18.2 Å². The lowest BCUT2D eigenvalue weighted by Gasteiger charge is -2.34. The molecule has 0 saturated carbocycles. The second-order valence-corrected chi connectivity index (χ2v) is 6.17. The Labute approximate surface area is 128 Å². The minimum absolute atomic E-state index is 0.000360. The Morgan fingerprint density at radius 1 is 1.48 bits per heavy atom. The standard InChI is InChI=1S/C14H21N3O3S/c1-3-10-7-12(17(4-2)15-10)14(20)16-5-6-21-9-11(16)8-13(18)19/h7,11H,3-6,8-9H2,1-2H3,(H,18,19). The molecule has 1 aliphatic heterocycles. The van der Waals surface area contributed by atoms with Crippen molar-refractivity contribution in [3.63, 3.8) is 0 Å². The van der Waals surface area contributed by atoms with E-state index < -0.39 is 5.97 Å². The van der Waals surface area contributed by atoms with Gasteiger partial charge < -0.3 is 10.0 Å². The van der Waals surface area contributed by atoms with Crippen molar-refractivity contribution in [3.8, 4) is 0 Å². The zero-order valence-corrected chi connectivity index (χ0v) is 13.2. The fourth-order valence-corrected chi connectivity index (χ4v) is 3.56. The molecule has 1 amide bonds. The lowest BCUT2D eigenvalue weighted by atomic mass is 10.1. The van der Waals surface area contributed by atoms with E-state index in [0.29, 0.717) is 24.5 Å². The second-order valence-electron chi connectivity index (χ2n) is 5.02. The summed E-state index contributed by atoms with van der Waals surface area (Å²) in [6.07, 6.45) is 0.779. The van der Waals surface area contributed by atoms with Crippen molar-refractivity contribution in [2.24, 2.45) is 0 Å². The van der Waals surface area contributed by atoms with Crippen molar-refractivity contribution in [2.45, 2.75) is 39.3 Å². The molecule has 1 fully saturated rings. The topological polar surface area (TPSA) is 75.4 Å². The molecule has 116 valence electrons. The third kappa shape index (κ3) is 3.58.